The zero-order valence-electron chi connectivity index (χ0n) is 28.0. The number of rotatable bonds is 6. The third-order valence-corrected chi connectivity index (χ3v) is 8.52. The van der Waals surface area contributed by atoms with Gasteiger partial charge in [0.05, 0.1) is 16.9 Å². The van der Waals surface area contributed by atoms with Crippen LogP contribution >= 0.6 is 11.3 Å². The summed E-state index contributed by atoms with van der Waals surface area (Å²) < 4.78 is 20.5. The molecule has 3 aromatic heterocycles. The second kappa shape index (κ2) is 14.8. The first kappa shape index (κ1) is 29.7. The Morgan fingerprint density at radius 2 is 1.53 bits per heavy atom. The number of benzene rings is 5. The molecule has 0 atom stereocenters. The zero-order valence-corrected chi connectivity index (χ0v) is 29.2. The second-order valence-corrected chi connectivity index (χ2v) is 12.1. The molecule has 0 amide bonds. The van der Waals surface area contributed by atoms with E-state index in [4.69, 9.17) is 7.73 Å². The molecular weight excluding hydrogens is 771 g/mol. The fourth-order valence-electron chi connectivity index (χ4n) is 5.53. The molecule has 0 spiro atoms. The summed E-state index contributed by atoms with van der Waals surface area (Å²) in [5.41, 5.74) is 8.92. The Hall–Kier alpha value is -4.67. The minimum absolute atomic E-state index is 0. The Bertz CT molecular complexity index is 2250. The van der Waals surface area contributed by atoms with Gasteiger partial charge in [0.25, 0.3) is 0 Å². The number of hydrogen-bond donors (Lipinski definition) is 0. The molecule has 0 saturated heterocycles. The van der Waals surface area contributed by atoms with Crippen LogP contribution in [0.2, 0.25) is 0 Å². The van der Waals surface area contributed by atoms with Crippen molar-refractivity contribution < 1.29 is 22.8 Å². The summed E-state index contributed by atoms with van der Waals surface area (Å²) in [7, 11) is 0. The Balaban J connectivity index is 0.000000270. The maximum absolute atomic E-state index is 8.62. The summed E-state index contributed by atoms with van der Waals surface area (Å²) in [5, 5.41) is 4.47. The van der Waals surface area contributed by atoms with E-state index in [9.17, 15) is 0 Å². The Morgan fingerprint density at radius 1 is 0.787 bits per heavy atom. The molecule has 8 rings (SSSR count). The summed E-state index contributed by atoms with van der Waals surface area (Å²) >= 11 is 1.55. The molecule has 0 fully saturated rings. The number of para-hydroxylation sites is 2. The van der Waals surface area contributed by atoms with E-state index in [2.05, 4.69) is 75.6 Å². The van der Waals surface area contributed by atoms with Crippen molar-refractivity contribution in [3.8, 4) is 39.5 Å². The van der Waals surface area contributed by atoms with Gasteiger partial charge in [0.2, 0.25) is 0 Å². The van der Waals surface area contributed by atoms with E-state index >= 15 is 0 Å². The van der Waals surface area contributed by atoms with Crippen molar-refractivity contribution in [2.45, 2.75) is 20.2 Å². The molecule has 5 heteroatoms. The van der Waals surface area contributed by atoms with Crippen LogP contribution in [0.5, 0.6) is 0 Å². The summed E-state index contributed by atoms with van der Waals surface area (Å²) in [6.07, 6.45) is 0.372. The number of aromatic nitrogens is 3. The van der Waals surface area contributed by atoms with Gasteiger partial charge in [-0.25, -0.2) is 0 Å². The maximum atomic E-state index is 8.62. The minimum atomic E-state index is -1.42. The van der Waals surface area contributed by atoms with Crippen LogP contribution < -0.4 is 0 Å². The average molecular weight is 806 g/mol. The van der Waals surface area contributed by atoms with E-state index in [1.54, 1.807) is 17.5 Å². The SMILES string of the molecule is [2H]C([2H])(c1ccc2s[c-]c(-c3nc4ccccc4n3-c3ccc(-c4ccccc4)cc3)c2c1)C(C)C.[Ir].[c-]1ccccc1-c1ccccn1. The molecule has 3 nitrogen and oxygen atoms in total. The molecule has 0 aliphatic carbocycles. The molecule has 3 heterocycles. The molecule has 0 unspecified atom stereocenters. The average Bonchev–Trinajstić information content (AvgIpc) is 3.74. The minimum Gasteiger partial charge on any atom is -0.333 e. The zero-order chi connectivity index (χ0) is 33.1. The van der Waals surface area contributed by atoms with Crippen LogP contribution in [0.4, 0.5) is 0 Å². The van der Waals surface area contributed by atoms with Crippen LogP contribution in [0.25, 0.3) is 60.6 Å². The quantitative estimate of drug-likeness (QED) is 0.157. The summed E-state index contributed by atoms with van der Waals surface area (Å²) in [4.78, 5) is 9.25. The molecule has 233 valence electrons. The second-order valence-electron chi connectivity index (χ2n) is 11.3. The van der Waals surface area contributed by atoms with Crippen LogP contribution in [-0.4, -0.2) is 14.5 Å². The molecule has 1 radical (unpaired) electrons. The summed E-state index contributed by atoms with van der Waals surface area (Å²) in [6, 6.07) is 49.8. The maximum Gasteiger partial charge on any atom is 0.0774 e. The van der Waals surface area contributed by atoms with Gasteiger partial charge in [-0.3, -0.25) is 16.3 Å². The van der Waals surface area contributed by atoms with Crippen molar-refractivity contribution in [1.82, 2.24) is 14.5 Å². The van der Waals surface area contributed by atoms with E-state index in [0.717, 1.165) is 49.5 Å². The third-order valence-electron chi connectivity index (χ3n) is 7.63. The van der Waals surface area contributed by atoms with Crippen molar-refractivity contribution in [3.05, 3.63) is 163 Å². The Morgan fingerprint density at radius 3 is 2.28 bits per heavy atom. The van der Waals surface area contributed by atoms with E-state index in [1.807, 2.05) is 98.8 Å². The van der Waals surface area contributed by atoms with Crippen molar-refractivity contribution in [1.29, 1.82) is 0 Å². The van der Waals surface area contributed by atoms with Crippen LogP contribution in [0, 0.1) is 17.4 Å². The van der Waals surface area contributed by atoms with E-state index < -0.39 is 6.37 Å². The fraction of sp³-hybridized carbons (Fsp3) is 0.0952. The number of pyridine rings is 1. The van der Waals surface area contributed by atoms with E-state index in [1.165, 1.54) is 11.1 Å². The van der Waals surface area contributed by atoms with Gasteiger partial charge in [-0.1, -0.05) is 114 Å². The number of thiophene rings is 1. The van der Waals surface area contributed by atoms with Gasteiger partial charge >= 0.3 is 0 Å². The first-order valence-corrected chi connectivity index (χ1v) is 16.2. The van der Waals surface area contributed by atoms with Crippen molar-refractivity contribution in [2.24, 2.45) is 5.92 Å². The summed E-state index contributed by atoms with van der Waals surface area (Å²) in [6.45, 7) is 3.84. The Kier molecular flexibility index (Phi) is 9.37. The molecule has 0 aliphatic heterocycles. The molecule has 0 bridgehead atoms. The first-order valence-electron chi connectivity index (χ1n) is 16.4. The normalized spacial score (nSPS) is 11.8. The largest absolute Gasteiger partial charge is 0.333 e. The predicted molar refractivity (Wildman–Crippen MR) is 193 cm³/mol. The number of nitrogens with zero attached hydrogens (tertiary/aromatic N) is 3. The molecule has 5 aromatic carbocycles. The van der Waals surface area contributed by atoms with Gasteiger partial charge in [0, 0.05) is 34.7 Å². The van der Waals surface area contributed by atoms with E-state index in [0.29, 0.717) is 5.56 Å². The predicted octanol–water partition coefficient (Wildman–Crippen LogP) is 11.1. The topological polar surface area (TPSA) is 30.7 Å². The Labute approximate surface area is 296 Å². The van der Waals surface area contributed by atoms with Crippen LogP contribution in [0.1, 0.15) is 22.2 Å². The van der Waals surface area contributed by atoms with Gasteiger partial charge < -0.3 is 9.55 Å². The smallest absolute Gasteiger partial charge is 0.0774 e. The monoisotopic (exact) mass is 806 g/mol. The van der Waals surface area contributed by atoms with Crippen LogP contribution in [0.15, 0.2) is 146 Å². The summed E-state index contributed by atoms with van der Waals surface area (Å²) in [5.74, 6) is 0.686. The molecule has 0 saturated carbocycles. The van der Waals surface area contributed by atoms with Gasteiger partial charge in [-0.05, 0) is 59.4 Å². The van der Waals surface area contributed by atoms with E-state index in [-0.39, 0.29) is 26.0 Å². The molecule has 8 aromatic rings. The molecule has 0 aliphatic rings. The van der Waals surface area contributed by atoms with Crippen molar-refractivity contribution in [2.75, 3.05) is 0 Å². The van der Waals surface area contributed by atoms with Gasteiger partial charge in [0.15, 0.2) is 0 Å². The van der Waals surface area contributed by atoms with Crippen molar-refractivity contribution in [3.63, 3.8) is 0 Å². The third kappa shape index (κ3) is 7.18. The molecule has 0 N–H and O–H groups in total. The first-order chi connectivity index (χ1) is 23.4. The van der Waals surface area contributed by atoms with Gasteiger partial charge in [0.1, 0.15) is 0 Å². The van der Waals surface area contributed by atoms with Crippen LogP contribution in [-0.2, 0) is 26.5 Å². The standard InChI is InChI=1S/C31H25N2S.C11H8N.Ir/c1-21(2)18-22-12-17-30-26(19-22)27(20-34-30)31-32-28-10-6-7-11-29(28)33(31)25-15-13-24(14-16-25)23-8-4-3-5-9-23;1-2-6-10(7-3-1)11-8-4-5-9-12-11;/h3-17,19,21H,18H2,1-2H3;1-6,8-9H;/q2*-1;/i18D2;;. The van der Waals surface area contributed by atoms with Gasteiger partial charge in [-0.2, -0.15) is 0 Å². The van der Waals surface area contributed by atoms with Crippen molar-refractivity contribution >= 4 is 32.5 Å². The fourth-order valence-corrected chi connectivity index (χ4v) is 6.35. The number of hydrogen-bond acceptors (Lipinski definition) is 3. The molecular formula is C42H33IrN3S-2. The number of fused-ring (bicyclic) bond motifs is 2. The van der Waals surface area contributed by atoms with Gasteiger partial charge in [-0.15, -0.1) is 47.3 Å². The number of imidazole rings is 1. The van der Waals surface area contributed by atoms with Crippen LogP contribution in [0.3, 0.4) is 0 Å². The molecule has 47 heavy (non-hydrogen) atoms.